The van der Waals surface area contributed by atoms with E-state index in [0.29, 0.717) is 5.92 Å². The van der Waals surface area contributed by atoms with Gasteiger partial charge in [-0.3, -0.25) is 0 Å². The molecular formula is C11H14ClFN2O2S. The normalized spacial score (nSPS) is 17.7. The summed E-state index contributed by atoms with van der Waals surface area (Å²) in [5.74, 6) is -0.455. The zero-order valence-corrected chi connectivity index (χ0v) is 11.1. The van der Waals surface area contributed by atoms with Crippen LogP contribution in [0, 0.1) is 11.7 Å². The molecule has 1 aliphatic carbocycles. The van der Waals surface area contributed by atoms with Crippen LogP contribution in [-0.4, -0.2) is 21.0 Å². The molecule has 0 saturated heterocycles. The quantitative estimate of drug-likeness (QED) is 0.864. The van der Waals surface area contributed by atoms with Crippen molar-refractivity contribution in [2.45, 2.75) is 23.8 Å². The smallest absolute Gasteiger partial charge is 0.243 e. The van der Waals surface area contributed by atoms with Gasteiger partial charge in [0.2, 0.25) is 10.0 Å². The van der Waals surface area contributed by atoms with E-state index < -0.39 is 20.7 Å². The zero-order valence-electron chi connectivity index (χ0n) is 9.57. The van der Waals surface area contributed by atoms with E-state index >= 15 is 0 Å². The van der Waals surface area contributed by atoms with Crippen molar-refractivity contribution in [2.24, 2.45) is 11.7 Å². The van der Waals surface area contributed by atoms with Crippen molar-refractivity contribution >= 4 is 21.6 Å². The topological polar surface area (TPSA) is 72.2 Å². The Kier molecular flexibility index (Phi) is 3.91. The Labute approximate surface area is 110 Å². The van der Waals surface area contributed by atoms with E-state index in [4.69, 9.17) is 17.3 Å². The monoisotopic (exact) mass is 292 g/mol. The molecule has 1 unspecified atom stereocenters. The Morgan fingerprint density at radius 3 is 2.78 bits per heavy atom. The largest absolute Gasteiger partial charge is 0.326 e. The molecule has 1 fully saturated rings. The Morgan fingerprint density at radius 2 is 2.17 bits per heavy atom. The number of nitrogens with one attached hydrogen (secondary N) is 1. The molecule has 3 N–H and O–H groups in total. The van der Waals surface area contributed by atoms with Gasteiger partial charge in [-0.15, -0.1) is 0 Å². The Morgan fingerprint density at radius 1 is 1.50 bits per heavy atom. The van der Waals surface area contributed by atoms with Crippen LogP contribution < -0.4 is 10.5 Å². The molecule has 100 valence electrons. The van der Waals surface area contributed by atoms with E-state index in [1.54, 1.807) is 0 Å². The van der Waals surface area contributed by atoms with Crippen LogP contribution in [0.25, 0.3) is 0 Å². The lowest BCUT2D eigenvalue weighted by atomic mass is 10.2. The fraction of sp³-hybridized carbons (Fsp3) is 0.455. The summed E-state index contributed by atoms with van der Waals surface area (Å²) in [7, 11) is -3.90. The molecule has 18 heavy (non-hydrogen) atoms. The van der Waals surface area contributed by atoms with Crippen molar-refractivity contribution in [2.75, 3.05) is 6.54 Å². The van der Waals surface area contributed by atoms with Gasteiger partial charge in [-0.1, -0.05) is 11.6 Å². The average Bonchev–Trinajstić information content (AvgIpc) is 3.13. The predicted octanol–water partition coefficient (Wildman–Crippen LogP) is 1.49. The minimum Gasteiger partial charge on any atom is -0.326 e. The first-order valence-corrected chi connectivity index (χ1v) is 7.46. The number of sulfonamides is 1. The fourth-order valence-electron chi connectivity index (χ4n) is 1.66. The van der Waals surface area contributed by atoms with Crippen molar-refractivity contribution in [1.29, 1.82) is 0 Å². The van der Waals surface area contributed by atoms with Gasteiger partial charge < -0.3 is 5.73 Å². The molecule has 2 rings (SSSR count). The summed E-state index contributed by atoms with van der Waals surface area (Å²) in [6.07, 6.45) is 2.04. The highest BCUT2D eigenvalue weighted by Gasteiger charge is 2.29. The molecule has 4 nitrogen and oxygen atoms in total. The van der Waals surface area contributed by atoms with Crippen LogP contribution in [0.2, 0.25) is 5.02 Å². The number of hydrogen-bond acceptors (Lipinski definition) is 3. The minimum atomic E-state index is -3.90. The molecule has 0 aromatic heterocycles. The summed E-state index contributed by atoms with van der Waals surface area (Å²) >= 11 is 5.66. The van der Waals surface area contributed by atoms with Crippen LogP contribution in [0.3, 0.4) is 0 Å². The summed E-state index contributed by atoms with van der Waals surface area (Å²) in [6, 6.07) is 3.19. The SMILES string of the molecule is NC(CNS(=O)(=O)c1cc(Cl)ccc1F)C1CC1. The highest BCUT2D eigenvalue weighted by Crippen LogP contribution is 2.31. The molecular weight excluding hydrogens is 279 g/mol. The molecule has 0 amide bonds. The van der Waals surface area contributed by atoms with E-state index in [-0.39, 0.29) is 17.6 Å². The van der Waals surface area contributed by atoms with Crippen LogP contribution in [-0.2, 0) is 10.0 Å². The van der Waals surface area contributed by atoms with Crippen molar-refractivity contribution < 1.29 is 12.8 Å². The van der Waals surface area contributed by atoms with Crippen molar-refractivity contribution in [3.05, 3.63) is 29.0 Å². The maximum atomic E-state index is 13.5. The van der Waals surface area contributed by atoms with Gasteiger partial charge in [0.25, 0.3) is 0 Å². The third-order valence-corrected chi connectivity index (χ3v) is 4.59. The lowest BCUT2D eigenvalue weighted by Crippen LogP contribution is -2.38. The third-order valence-electron chi connectivity index (χ3n) is 2.92. The van der Waals surface area contributed by atoms with Crippen LogP contribution in [0.1, 0.15) is 12.8 Å². The third kappa shape index (κ3) is 3.20. The van der Waals surface area contributed by atoms with Gasteiger partial charge in [-0.2, -0.15) is 0 Å². The van der Waals surface area contributed by atoms with Crippen molar-refractivity contribution in [3.8, 4) is 0 Å². The van der Waals surface area contributed by atoms with Crippen LogP contribution >= 0.6 is 11.6 Å². The second kappa shape index (κ2) is 5.13. The van der Waals surface area contributed by atoms with Crippen LogP contribution in [0.5, 0.6) is 0 Å². The second-order valence-electron chi connectivity index (χ2n) is 4.43. The molecule has 0 aliphatic heterocycles. The first-order chi connectivity index (χ1) is 8.40. The van der Waals surface area contributed by atoms with Gasteiger partial charge in [-0.05, 0) is 37.0 Å². The Balaban J connectivity index is 2.11. The van der Waals surface area contributed by atoms with Crippen LogP contribution in [0.4, 0.5) is 4.39 Å². The number of halogens is 2. The highest BCUT2D eigenvalue weighted by atomic mass is 35.5. The van der Waals surface area contributed by atoms with E-state index in [0.717, 1.165) is 25.0 Å². The van der Waals surface area contributed by atoms with E-state index in [1.165, 1.54) is 6.07 Å². The van der Waals surface area contributed by atoms with Gasteiger partial charge in [0, 0.05) is 17.6 Å². The lowest BCUT2D eigenvalue weighted by Gasteiger charge is -2.12. The minimum absolute atomic E-state index is 0.110. The fourth-order valence-corrected chi connectivity index (χ4v) is 3.07. The zero-order chi connectivity index (χ0) is 13.3. The first kappa shape index (κ1) is 13.7. The Hall–Kier alpha value is -0.690. The standard InChI is InChI=1S/C11H14ClFN2O2S/c12-8-3-4-9(13)11(5-8)18(16,17)15-6-10(14)7-1-2-7/h3-5,7,10,15H,1-2,6,14H2. The predicted molar refractivity (Wildman–Crippen MR) is 67.3 cm³/mol. The second-order valence-corrected chi connectivity index (χ2v) is 6.60. The average molecular weight is 293 g/mol. The van der Waals surface area contributed by atoms with Gasteiger partial charge in [0.1, 0.15) is 10.7 Å². The maximum Gasteiger partial charge on any atom is 0.243 e. The maximum absolute atomic E-state index is 13.5. The highest BCUT2D eigenvalue weighted by molar-refractivity contribution is 7.89. The van der Waals surface area contributed by atoms with E-state index in [9.17, 15) is 12.8 Å². The molecule has 1 aromatic rings. The van der Waals surface area contributed by atoms with Crippen LogP contribution in [0.15, 0.2) is 23.1 Å². The Bertz CT molecular complexity index is 546. The summed E-state index contributed by atoms with van der Waals surface area (Å²) in [6.45, 7) is 0.110. The molecule has 7 heteroatoms. The summed E-state index contributed by atoms with van der Waals surface area (Å²) in [5, 5.41) is 0.170. The van der Waals surface area contributed by atoms with Gasteiger partial charge >= 0.3 is 0 Å². The molecule has 1 aromatic carbocycles. The molecule has 1 aliphatic rings. The molecule has 0 radical (unpaired) electrons. The number of hydrogen-bond donors (Lipinski definition) is 2. The molecule has 1 saturated carbocycles. The lowest BCUT2D eigenvalue weighted by molar-refractivity contribution is 0.536. The number of benzene rings is 1. The van der Waals surface area contributed by atoms with Crippen molar-refractivity contribution in [3.63, 3.8) is 0 Å². The molecule has 0 heterocycles. The number of nitrogens with two attached hydrogens (primary N) is 1. The first-order valence-electron chi connectivity index (χ1n) is 5.60. The van der Waals surface area contributed by atoms with Gasteiger partial charge in [0.05, 0.1) is 0 Å². The molecule has 0 spiro atoms. The van der Waals surface area contributed by atoms with Crippen molar-refractivity contribution in [1.82, 2.24) is 4.72 Å². The van der Waals surface area contributed by atoms with Gasteiger partial charge in [-0.25, -0.2) is 17.5 Å². The summed E-state index contributed by atoms with van der Waals surface area (Å²) < 4.78 is 39.5. The van der Waals surface area contributed by atoms with E-state index in [2.05, 4.69) is 4.72 Å². The van der Waals surface area contributed by atoms with E-state index in [1.807, 2.05) is 0 Å². The van der Waals surface area contributed by atoms with Gasteiger partial charge in [0.15, 0.2) is 0 Å². The number of rotatable bonds is 5. The summed E-state index contributed by atoms with van der Waals surface area (Å²) in [5.41, 5.74) is 5.79. The molecule has 1 atom stereocenters. The molecule has 0 bridgehead atoms. The summed E-state index contributed by atoms with van der Waals surface area (Å²) in [4.78, 5) is -0.446.